The highest BCUT2D eigenvalue weighted by Gasteiger charge is 2.14. The van der Waals surface area contributed by atoms with Crippen molar-refractivity contribution < 1.29 is 13.5 Å². The fourth-order valence-electron chi connectivity index (χ4n) is 1.94. The highest BCUT2D eigenvalue weighted by atomic mass is 35.5. The standard InChI is InChI=1S/C15H17ClN2O3S/c16-15-7-6-13(9-17-15)11-22(20,21)18-10-14(19)8-12-4-2-1-3-5-12/h1-7,9,14,18-19H,8,10-11H2. The van der Waals surface area contributed by atoms with Gasteiger partial charge in [-0.2, -0.15) is 0 Å². The molecule has 0 aliphatic heterocycles. The number of aromatic nitrogens is 1. The molecule has 22 heavy (non-hydrogen) atoms. The van der Waals surface area contributed by atoms with Gasteiger partial charge in [-0.1, -0.05) is 48.0 Å². The van der Waals surface area contributed by atoms with Crippen LogP contribution in [0.25, 0.3) is 0 Å². The maximum Gasteiger partial charge on any atom is 0.215 e. The van der Waals surface area contributed by atoms with E-state index in [2.05, 4.69) is 9.71 Å². The molecule has 118 valence electrons. The van der Waals surface area contributed by atoms with Crippen LogP contribution in [0.5, 0.6) is 0 Å². The lowest BCUT2D eigenvalue weighted by Gasteiger charge is -2.12. The fourth-order valence-corrected chi connectivity index (χ4v) is 3.21. The maximum absolute atomic E-state index is 12.0. The molecule has 5 nitrogen and oxygen atoms in total. The number of benzene rings is 1. The first kappa shape index (κ1) is 16.9. The van der Waals surface area contributed by atoms with Crippen molar-refractivity contribution >= 4 is 21.6 Å². The van der Waals surface area contributed by atoms with Crippen LogP contribution in [0.2, 0.25) is 5.15 Å². The van der Waals surface area contributed by atoms with E-state index in [-0.39, 0.29) is 12.3 Å². The fraction of sp³-hybridized carbons (Fsp3) is 0.267. The summed E-state index contributed by atoms with van der Waals surface area (Å²) < 4.78 is 26.3. The van der Waals surface area contributed by atoms with E-state index in [0.717, 1.165) is 5.56 Å². The molecule has 1 heterocycles. The molecule has 7 heteroatoms. The summed E-state index contributed by atoms with van der Waals surface area (Å²) in [7, 11) is -3.53. The van der Waals surface area contributed by atoms with Crippen molar-refractivity contribution in [2.75, 3.05) is 6.54 Å². The predicted molar refractivity (Wildman–Crippen MR) is 86.0 cm³/mol. The van der Waals surface area contributed by atoms with E-state index in [9.17, 15) is 13.5 Å². The lowest BCUT2D eigenvalue weighted by molar-refractivity contribution is 0.179. The zero-order valence-corrected chi connectivity index (χ0v) is 13.4. The molecule has 0 aliphatic rings. The molecular weight excluding hydrogens is 324 g/mol. The van der Waals surface area contributed by atoms with E-state index < -0.39 is 16.1 Å². The van der Waals surface area contributed by atoms with Crippen molar-refractivity contribution in [1.29, 1.82) is 0 Å². The third-order valence-electron chi connectivity index (χ3n) is 3.00. The number of nitrogens with one attached hydrogen (secondary N) is 1. The van der Waals surface area contributed by atoms with Gasteiger partial charge in [0, 0.05) is 12.7 Å². The van der Waals surface area contributed by atoms with Crippen LogP contribution in [0.3, 0.4) is 0 Å². The molecule has 0 saturated carbocycles. The molecule has 2 aromatic rings. The number of sulfonamides is 1. The Morgan fingerprint density at radius 3 is 2.50 bits per heavy atom. The number of pyridine rings is 1. The SMILES string of the molecule is O=S(=O)(Cc1ccc(Cl)nc1)NCC(O)Cc1ccccc1. The van der Waals surface area contributed by atoms with E-state index in [1.165, 1.54) is 12.3 Å². The van der Waals surface area contributed by atoms with Gasteiger partial charge in [-0.15, -0.1) is 0 Å². The van der Waals surface area contributed by atoms with Crippen molar-refractivity contribution in [1.82, 2.24) is 9.71 Å². The average molecular weight is 341 g/mol. The zero-order valence-electron chi connectivity index (χ0n) is 11.8. The Morgan fingerprint density at radius 1 is 1.14 bits per heavy atom. The molecule has 0 saturated heterocycles. The zero-order chi connectivity index (χ0) is 16.0. The lowest BCUT2D eigenvalue weighted by atomic mass is 10.1. The molecular formula is C15H17ClN2O3S. The maximum atomic E-state index is 12.0. The average Bonchev–Trinajstić information content (AvgIpc) is 2.49. The van der Waals surface area contributed by atoms with Gasteiger partial charge in [0.25, 0.3) is 0 Å². The molecule has 1 aromatic carbocycles. The largest absolute Gasteiger partial charge is 0.391 e. The number of aliphatic hydroxyl groups is 1. The molecule has 1 aromatic heterocycles. The third-order valence-corrected chi connectivity index (χ3v) is 4.54. The first-order valence-electron chi connectivity index (χ1n) is 6.74. The molecule has 2 rings (SSSR count). The minimum Gasteiger partial charge on any atom is -0.391 e. The number of hydrogen-bond donors (Lipinski definition) is 2. The summed E-state index contributed by atoms with van der Waals surface area (Å²) in [5, 5.41) is 10.2. The summed E-state index contributed by atoms with van der Waals surface area (Å²) in [6.07, 6.45) is 1.04. The molecule has 0 spiro atoms. The second-order valence-corrected chi connectivity index (χ2v) is 7.13. The van der Waals surface area contributed by atoms with Gasteiger partial charge in [-0.3, -0.25) is 0 Å². The van der Waals surface area contributed by atoms with Crippen LogP contribution in [-0.2, 0) is 22.2 Å². The first-order chi connectivity index (χ1) is 10.4. The molecule has 0 amide bonds. The Hall–Kier alpha value is -1.47. The summed E-state index contributed by atoms with van der Waals surface area (Å²) in [5.41, 5.74) is 1.49. The van der Waals surface area contributed by atoms with Gasteiger partial charge < -0.3 is 5.11 Å². The van der Waals surface area contributed by atoms with Crippen LogP contribution in [0, 0.1) is 0 Å². The van der Waals surface area contributed by atoms with E-state index in [1.54, 1.807) is 6.07 Å². The number of rotatable bonds is 7. The Labute approximate surface area is 135 Å². The predicted octanol–water partition coefficient (Wildman–Crippen LogP) is 1.76. The molecule has 0 aliphatic carbocycles. The summed E-state index contributed by atoms with van der Waals surface area (Å²) >= 11 is 5.65. The van der Waals surface area contributed by atoms with Crippen molar-refractivity contribution in [2.45, 2.75) is 18.3 Å². The number of aliphatic hydroxyl groups excluding tert-OH is 1. The van der Waals surface area contributed by atoms with E-state index in [1.807, 2.05) is 30.3 Å². The Morgan fingerprint density at radius 2 is 1.86 bits per heavy atom. The normalized spacial score (nSPS) is 13.0. The summed E-state index contributed by atoms with van der Waals surface area (Å²) in [5.74, 6) is -0.199. The number of nitrogens with zero attached hydrogens (tertiary/aromatic N) is 1. The molecule has 0 fully saturated rings. The van der Waals surface area contributed by atoms with E-state index >= 15 is 0 Å². The van der Waals surface area contributed by atoms with Gasteiger partial charge in [0.05, 0.1) is 11.9 Å². The Kier molecular flexibility index (Phi) is 5.90. The number of halogens is 1. The van der Waals surface area contributed by atoms with Crippen LogP contribution in [0.1, 0.15) is 11.1 Å². The molecule has 0 radical (unpaired) electrons. The molecule has 0 bridgehead atoms. The highest BCUT2D eigenvalue weighted by molar-refractivity contribution is 7.88. The first-order valence-corrected chi connectivity index (χ1v) is 8.77. The van der Waals surface area contributed by atoms with Gasteiger partial charge in [-0.05, 0) is 23.6 Å². The molecule has 1 atom stereocenters. The van der Waals surface area contributed by atoms with Crippen molar-refractivity contribution in [3.05, 3.63) is 64.9 Å². The van der Waals surface area contributed by atoms with Crippen LogP contribution in [0.15, 0.2) is 48.7 Å². The summed E-state index contributed by atoms with van der Waals surface area (Å²) in [6, 6.07) is 12.6. The lowest BCUT2D eigenvalue weighted by Crippen LogP contribution is -2.34. The van der Waals surface area contributed by atoms with Crippen molar-refractivity contribution in [3.8, 4) is 0 Å². The monoisotopic (exact) mass is 340 g/mol. The summed E-state index contributed by atoms with van der Waals surface area (Å²) in [4.78, 5) is 3.84. The van der Waals surface area contributed by atoms with Crippen LogP contribution in [0.4, 0.5) is 0 Å². The molecule has 2 N–H and O–H groups in total. The number of hydrogen-bond acceptors (Lipinski definition) is 4. The topological polar surface area (TPSA) is 79.3 Å². The van der Waals surface area contributed by atoms with Gasteiger partial charge >= 0.3 is 0 Å². The van der Waals surface area contributed by atoms with Crippen LogP contribution >= 0.6 is 11.6 Å². The summed E-state index contributed by atoms with van der Waals surface area (Å²) in [6.45, 7) is -0.0295. The van der Waals surface area contributed by atoms with Crippen LogP contribution < -0.4 is 4.72 Å². The smallest absolute Gasteiger partial charge is 0.215 e. The van der Waals surface area contributed by atoms with E-state index in [0.29, 0.717) is 17.1 Å². The Balaban J connectivity index is 1.85. The van der Waals surface area contributed by atoms with Gasteiger partial charge in [0.15, 0.2) is 0 Å². The van der Waals surface area contributed by atoms with Gasteiger partial charge in [-0.25, -0.2) is 18.1 Å². The van der Waals surface area contributed by atoms with Crippen LogP contribution in [-0.4, -0.2) is 31.2 Å². The second kappa shape index (κ2) is 7.69. The third kappa shape index (κ3) is 5.73. The van der Waals surface area contributed by atoms with Crippen molar-refractivity contribution in [3.63, 3.8) is 0 Å². The van der Waals surface area contributed by atoms with Crippen molar-refractivity contribution in [2.24, 2.45) is 0 Å². The van der Waals surface area contributed by atoms with Gasteiger partial charge in [0.2, 0.25) is 10.0 Å². The molecule has 1 unspecified atom stereocenters. The quantitative estimate of drug-likeness (QED) is 0.753. The van der Waals surface area contributed by atoms with E-state index in [4.69, 9.17) is 11.6 Å². The highest BCUT2D eigenvalue weighted by Crippen LogP contribution is 2.08. The Bertz CT molecular complexity index is 690. The minimum absolute atomic E-state index is 0.0295. The second-order valence-electron chi connectivity index (χ2n) is 4.94. The van der Waals surface area contributed by atoms with Gasteiger partial charge in [0.1, 0.15) is 5.15 Å². The minimum atomic E-state index is -3.53.